The summed E-state index contributed by atoms with van der Waals surface area (Å²) in [6, 6.07) is 9.10. The average molecular weight is 288 g/mol. The molecule has 0 fully saturated rings. The maximum atomic E-state index is 11.6. The van der Waals surface area contributed by atoms with E-state index in [-0.39, 0.29) is 5.56 Å². The van der Waals surface area contributed by atoms with Crippen LogP contribution in [0.1, 0.15) is 12.5 Å². The molecule has 0 spiro atoms. The minimum Gasteiger partial charge on any atom is -0.493 e. The zero-order chi connectivity index (χ0) is 15.2. The zero-order valence-electron chi connectivity index (χ0n) is 12.6. The van der Waals surface area contributed by atoms with Crippen LogP contribution in [0.25, 0.3) is 0 Å². The molecule has 112 valence electrons. The van der Waals surface area contributed by atoms with Crippen LogP contribution in [0.15, 0.2) is 41.3 Å². The Balaban J connectivity index is 2.18. The van der Waals surface area contributed by atoms with Crippen LogP contribution in [0.2, 0.25) is 0 Å². The molecular weight excluding hydrogens is 268 g/mol. The molecule has 1 N–H and O–H groups in total. The van der Waals surface area contributed by atoms with Crippen molar-refractivity contribution in [1.29, 1.82) is 0 Å². The van der Waals surface area contributed by atoms with E-state index < -0.39 is 0 Å². The van der Waals surface area contributed by atoms with Gasteiger partial charge < -0.3 is 19.4 Å². The number of nitrogens with one attached hydrogen (secondary N) is 1. The molecule has 1 aromatic carbocycles. The van der Waals surface area contributed by atoms with E-state index in [0.29, 0.717) is 18.8 Å². The molecule has 0 aliphatic heterocycles. The van der Waals surface area contributed by atoms with E-state index >= 15 is 0 Å². The van der Waals surface area contributed by atoms with Crippen molar-refractivity contribution in [3.63, 3.8) is 0 Å². The third-order valence-corrected chi connectivity index (χ3v) is 3.29. The fourth-order valence-electron chi connectivity index (χ4n) is 2.17. The van der Waals surface area contributed by atoms with Crippen molar-refractivity contribution in [1.82, 2.24) is 4.57 Å². The van der Waals surface area contributed by atoms with E-state index in [4.69, 9.17) is 9.47 Å². The second-order valence-corrected chi connectivity index (χ2v) is 4.55. The van der Waals surface area contributed by atoms with Gasteiger partial charge in [0.05, 0.1) is 19.9 Å². The number of rotatable bonds is 6. The molecule has 2 aromatic rings. The first-order chi connectivity index (χ1) is 10.2. The normalized spacial score (nSPS) is 10.2. The summed E-state index contributed by atoms with van der Waals surface area (Å²) in [4.78, 5) is 11.6. The van der Waals surface area contributed by atoms with Gasteiger partial charge in [0.2, 0.25) is 0 Å². The summed E-state index contributed by atoms with van der Waals surface area (Å²) in [6.45, 7) is 3.18. The van der Waals surface area contributed by atoms with Crippen molar-refractivity contribution >= 4 is 5.69 Å². The first kappa shape index (κ1) is 15.0. The van der Waals surface area contributed by atoms with E-state index in [1.54, 1.807) is 30.9 Å². The van der Waals surface area contributed by atoms with Crippen LogP contribution in [0.5, 0.6) is 11.5 Å². The van der Waals surface area contributed by atoms with Crippen LogP contribution < -0.4 is 20.3 Å². The number of hydrogen-bond donors (Lipinski definition) is 1. The summed E-state index contributed by atoms with van der Waals surface area (Å²) >= 11 is 0. The van der Waals surface area contributed by atoms with Crippen molar-refractivity contribution in [3.05, 3.63) is 52.4 Å². The van der Waals surface area contributed by atoms with Crippen molar-refractivity contribution in [2.45, 2.75) is 20.0 Å². The summed E-state index contributed by atoms with van der Waals surface area (Å²) in [5.41, 5.74) is 1.88. The van der Waals surface area contributed by atoms with Crippen LogP contribution in [-0.2, 0) is 13.1 Å². The molecule has 0 aliphatic rings. The van der Waals surface area contributed by atoms with Gasteiger partial charge in [-0.3, -0.25) is 4.79 Å². The van der Waals surface area contributed by atoms with Gasteiger partial charge in [-0.2, -0.15) is 0 Å². The van der Waals surface area contributed by atoms with Crippen molar-refractivity contribution < 1.29 is 9.47 Å². The van der Waals surface area contributed by atoms with E-state index in [1.165, 1.54) is 0 Å². The Morgan fingerprint density at radius 1 is 1.14 bits per heavy atom. The number of aryl methyl sites for hydroxylation is 1. The predicted molar refractivity (Wildman–Crippen MR) is 83.2 cm³/mol. The Hall–Kier alpha value is -2.43. The number of anilines is 1. The molecule has 5 heteroatoms. The Kier molecular flexibility index (Phi) is 4.87. The summed E-state index contributed by atoms with van der Waals surface area (Å²) < 4.78 is 12.3. The third-order valence-electron chi connectivity index (χ3n) is 3.29. The van der Waals surface area contributed by atoms with Gasteiger partial charge in [-0.05, 0) is 19.1 Å². The minimum atomic E-state index is 0.00186. The SMILES string of the molecule is CCn1cc(NCc2cccc(OC)c2OC)ccc1=O. The second-order valence-electron chi connectivity index (χ2n) is 4.55. The summed E-state index contributed by atoms with van der Waals surface area (Å²) in [6.07, 6.45) is 1.81. The molecule has 0 saturated carbocycles. The van der Waals surface area contributed by atoms with Gasteiger partial charge in [0.1, 0.15) is 0 Å². The van der Waals surface area contributed by atoms with Gasteiger partial charge in [-0.1, -0.05) is 12.1 Å². The first-order valence-corrected chi connectivity index (χ1v) is 6.83. The van der Waals surface area contributed by atoms with Crippen LogP contribution in [0.4, 0.5) is 5.69 Å². The minimum absolute atomic E-state index is 0.00186. The van der Waals surface area contributed by atoms with Gasteiger partial charge in [-0.25, -0.2) is 0 Å². The third kappa shape index (κ3) is 3.37. The number of aromatic nitrogens is 1. The summed E-state index contributed by atoms with van der Waals surface area (Å²) in [5, 5.41) is 3.29. The van der Waals surface area contributed by atoms with Crippen LogP contribution in [-0.4, -0.2) is 18.8 Å². The van der Waals surface area contributed by atoms with E-state index in [9.17, 15) is 4.79 Å². The predicted octanol–water partition coefficient (Wildman–Crippen LogP) is 2.50. The molecule has 21 heavy (non-hydrogen) atoms. The van der Waals surface area contributed by atoms with Gasteiger partial charge in [0.15, 0.2) is 11.5 Å². The number of ether oxygens (including phenoxy) is 2. The highest BCUT2D eigenvalue weighted by molar-refractivity contribution is 5.49. The largest absolute Gasteiger partial charge is 0.493 e. The maximum absolute atomic E-state index is 11.6. The Morgan fingerprint density at radius 3 is 2.62 bits per heavy atom. The van der Waals surface area contributed by atoms with Gasteiger partial charge in [0, 0.05) is 30.9 Å². The summed E-state index contributed by atoms with van der Waals surface area (Å²) in [7, 11) is 3.24. The number of para-hydroxylation sites is 1. The molecule has 0 atom stereocenters. The lowest BCUT2D eigenvalue weighted by molar-refractivity contribution is 0.352. The van der Waals surface area contributed by atoms with Crippen LogP contribution in [0.3, 0.4) is 0 Å². The van der Waals surface area contributed by atoms with Crippen molar-refractivity contribution in [2.24, 2.45) is 0 Å². The topological polar surface area (TPSA) is 52.5 Å². The molecule has 1 aromatic heterocycles. The Labute approximate surface area is 124 Å². The lowest BCUT2D eigenvalue weighted by Gasteiger charge is -2.14. The molecule has 0 unspecified atom stereocenters. The Morgan fingerprint density at radius 2 is 1.95 bits per heavy atom. The highest BCUT2D eigenvalue weighted by Crippen LogP contribution is 2.30. The van der Waals surface area contributed by atoms with Crippen LogP contribution in [0, 0.1) is 0 Å². The molecule has 2 rings (SSSR count). The number of nitrogens with zero attached hydrogens (tertiary/aromatic N) is 1. The van der Waals surface area contributed by atoms with Crippen LogP contribution >= 0.6 is 0 Å². The van der Waals surface area contributed by atoms with Crippen molar-refractivity contribution in [2.75, 3.05) is 19.5 Å². The number of methoxy groups -OCH3 is 2. The zero-order valence-corrected chi connectivity index (χ0v) is 12.6. The maximum Gasteiger partial charge on any atom is 0.250 e. The van der Waals surface area contributed by atoms with Gasteiger partial charge in [-0.15, -0.1) is 0 Å². The van der Waals surface area contributed by atoms with Gasteiger partial charge >= 0.3 is 0 Å². The number of benzene rings is 1. The molecule has 0 saturated heterocycles. The average Bonchev–Trinajstić information content (AvgIpc) is 2.53. The fourth-order valence-corrected chi connectivity index (χ4v) is 2.17. The van der Waals surface area contributed by atoms with Crippen molar-refractivity contribution in [3.8, 4) is 11.5 Å². The van der Waals surface area contributed by atoms with Gasteiger partial charge in [0.25, 0.3) is 5.56 Å². The molecule has 1 heterocycles. The fraction of sp³-hybridized carbons (Fsp3) is 0.312. The monoisotopic (exact) mass is 288 g/mol. The summed E-state index contributed by atoms with van der Waals surface area (Å²) in [5.74, 6) is 1.42. The van der Waals surface area contributed by atoms with E-state index in [1.807, 2.05) is 31.3 Å². The molecule has 5 nitrogen and oxygen atoms in total. The first-order valence-electron chi connectivity index (χ1n) is 6.83. The molecule has 0 radical (unpaired) electrons. The highest BCUT2D eigenvalue weighted by Gasteiger charge is 2.09. The molecule has 0 aliphatic carbocycles. The molecule has 0 amide bonds. The standard InChI is InChI=1S/C16H20N2O3/c1-4-18-11-13(8-9-15(18)19)17-10-12-6-5-7-14(20-2)16(12)21-3/h5-9,11,17H,4,10H2,1-3H3. The Bertz CT molecular complexity index is 665. The molecule has 0 bridgehead atoms. The van der Waals surface area contributed by atoms with E-state index in [2.05, 4.69) is 5.32 Å². The lowest BCUT2D eigenvalue weighted by atomic mass is 10.2. The highest BCUT2D eigenvalue weighted by atomic mass is 16.5. The number of pyridine rings is 1. The quantitative estimate of drug-likeness (QED) is 0.887. The second kappa shape index (κ2) is 6.83. The van der Waals surface area contributed by atoms with E-state index in [0.717, 1.165) is 17.0 Å². The smallest absolute Gasteiger partial charge is 0.250 e. The molecular formula is C16H20N2O3. The lowest BCUT2D eigenvalue weighted by Crippen LogP contribution is -2.17. The number of hydrogen-bond acceptors (Lipinski definition) is 4.